The summed E-state index contributed by atoms with van der Waals surface area (Å²) >= 11 is 3.40. The fraction of sp³-hybridized carbons (Fsp3) is 0.133. The highest BCUT2D eigenvalue weighted by molar-refractivity contribution is 9.10. The van der Waals surface area contributed by atoms with E-state index in [-0.39, 0.29) is 12.2 Å². The van der Waals surface area contributed by atoms with Crippen LogP contribution in [0.3, 0.4) is 0 Å². The maximum Gasteiger partial charge on any atom is 0.336 e. The van der Waals surface area contributed by atoms with Crippen LogP contribution in [0.15, 0.2) is 46.9 Å². The van der Waals surface area contributed by atoms with Gasteiger partial charge < -0.3 is 9.84 Å². The molecule has 5 heteroatoms. The van der Waals surface area contributed by atoms with Gasteiger partial charge in [0.25, 0.3) is 0 Å². The van der Waals surface area contributed by atoms with Crippen molar-refractivity contribution in [3.8, 4) is 0 Å². The van der Waals surface area contributed by atoms with Gasteiger partial charge in [0.15, 0.2) is 0 Å². The summed E-state index contributed by atoms with van der Waals surface area (Å²) in [6.45, 7) is 0.359. The average Bonchev–Trinajstić information content (AvgIpc) is 2.41. The summed E-state index contributed by atoms with van der Waals surface area (Å²) in [5.74, 6) is -1.57. The zero-order chi connectivity index (χ0) is 14.5. The van der Waals surface area contributed by atoms with E-state index in [9.17, 15) is 9.18 Å². The molecule has 0 saturated heterocycles. The van der Waals surface area contributed by atoms with Gasteiger partial charge in [-0.05, 0) is 35.4 Å². The number of benzene rings is 2. The fourth-order valence-corrected chi connectivity index (χ4v) is 2.18. The molecule has 0 fully saturated rings. The van der Waals surface area contributed by atoms with Crippen LogP contribution in [0.4, 0.5) is 4.39 Å². The molecule has 0 atom stereocenters. The van der Waals surface area contributed by atoms with Crippen molar-refractivity contribution in [3.63, 3.8) is 0 Å². The van der Waals surface area contributed by atoms with Crippen LogP contribution in [0.5, 0.6) is 0 Å². The zero-order valence-corrected chi connectivity index (χ0v) is 12.1. The number of carbonyl (C=O) groups is 1. The number of rotatable bonds is 5. The first-order chi connectivity index (χ1) is 9.58. The highest BCUT2D eigenvalue weighted by Crippen LogP contribution is 2.18. The van der Waals surface area contributed by atoms with E-state index >= 15 is 0 Å². The van der Waals surface area contributed by atoms with E-state index in [1.807, 2.05) is 24.3 Å². The summed E-state index contributed by atoms with van der Waals surface area (Å²) in [4.78, 5) is 11.0. The molecule has 20 heavy (non-hydrogen) atoms. The van der Waals surface area contributed by atoms with Gasteiger partial charge in [-0.1, -0.05) is 34.1 Å². The molecule has 2 rings (SSSR count). The average molecular weight is 339 g/mol. The van der Waals surface area contributed by atoms with Crippen molar-refractivity contribution < 1.29 is 19.0 Å². The number of carboxylic acids is 1. The molecule has 0 spiro atoms. The summed E-state index contributed by atoms with van der Waals surface area (Å²) in [6, 6.07) is 11.1. The molecule has 0 aliphatic carbocycles. The third kappa shape index (κ3) is 3.65. The summed E-state index contributed by atoms with van der Waals surface area (Å²) < 4.78 is 19.6. The van der Waals surface area contributed by atoms with E-state index in [4.69, 9.17) is 9.84 Å². The van der Waals surface area contributed by atoms with Crippen molar-refractivity contribution >= 4 is 21.9 Å². The van der Waals surface area contributed by atoms with E-state index in [1.165, 1.54) is 12.1 Å². The minimum Gasteiger partial charge on any atom is -0.478 e. The van der Waals surface area contributed by atoms with Crippen LogP contribution in [-0.2, 0) is 18.0 Å². The van der Waals surface area contributed by atoms with Crippen molar-refractivity contribution in [1.29, 1.82) is 0 Å². The second-order valence-electron chi connectivity index (χ2n) is 4.19. The Morgan fingerprint density at radius 3 is 2.55 bits per heavy atom. The molecule has 0 radical (unpaired) electrons. The van der Waals surface area contributed by atoms with Crippen molar-refractivity contribution in [1.82, 2.24) is 0 Å². The van der Waals surface area contributed by atoms with E-state index in [2.05, 4.69) is 15.9 Å². The van der Waals surface area contributed by atoms with Crippen LogP contribution >= 0.6 is 15.9 Å². The maximum atomic E-state index is 13.2. The SMILES string of the molecule is O=C(O)c1ccc(F)cc1COCc1ccccc1Br. The van der Waals surface area contributed by atoms with Crippen molar-refractivity contribution in [2.24, 2.45) is 0 Å². The Morgan fingerprint density at radius 1 is 1.15 bits per heavy atom. The quantitative estimate of drug-likeness (QED) is 0.896. The van der Waals surface area contributed by atoms with Crippen molar-refractivity contribution in [3.05, 3.63) is 69.4 Å². The Bertz CT molecular complexity index is 628. The Kier molecular flexibility index (Phi) is 4.87. The second-order valence-corrected chi connectivity index (χ2v) is 5.05. The Hall–Kier alpha value is -1.72. The highest BCUT2D eigenvalue weighted by atomic mass is 79.9. The molecule has 0 unspecified atom stereocenters. The number of aromatic carboxylic acids is 1. The minimum atomic E-state index is -1.09. The molecule has 2 aromatic carbocycles. The van der Waals surface area contributed by atoms with Crippen LogP contribution < -0.4 is 0 Å². The van der Waals surface area contributed by atoms with Gasteiger partial charge in [-0.3, -0.25) is 0 Å². The van der Waals surface area contributed by atoms with Crippen molar-refractivity contribution in [2.75, 3.05) is 0 Å². The molecule has 2 aromatic rings. The van der Waals surface area contributed by atoms with Crippen LogP contribution in [-0.4, -0.2) is 11.1 Å². The van der Waals surface area contributed by atoms with Gasteiger partial charge in [0.2, 0.25) is 0 Å². The molecule has 0 aliphatic rings. The molecule has 0 bridgehead atoms. The highest BCUT2D eigenvalue weighted by Gasteiger charge is 2.11. The topological polar surface area (TPSA) is 46.5 Å². The van der Waals surface area contributed by atoms with Gasteiger partial charge in [0.05, 0.1) is 18.8 Å². The predicted octanol–water partition coefficient (Wildman–Crippen LogP) is 4.00. The van der Waals surface area contributed by atoms with E-state index in [1.54, 1.807) is 0 Å². The lowest BCUT2D eigenvalue weighted by molar-refractivity contribution is 0.0684. The fourth-order valence-electron chi connectivity index (χ4n) is 1.78. The Labute approximate surface area is 124 Å². The molecule has 3 nitrogen and oxygen atoms in total. The Morgan fingerprint density at radius 2 is 1.85 bits per heavy atom. The number of halogens is 2. The third-order valence-corrected chi connectivity index (χ3v) is 3.54. The molecular weight excluding hydrogens is 327 g/mol. The molecule has 0 saturated carbocycles. The normalized spacial score (nSPS) is 10.5. The summed E-state index contributed by atoms with van der Waals surface area (Å²) in [7, 11) is 0. The van der Waals surface area contributed by atoms with Crippen LogP contribution in [0.25, 0.3) is 0 Å². The number of ether oxygens (including phenoxy) is 1. The first-order valence-electron chi connectivity index (χ1n) is 5.91. The number of hydrogen-bond donors (Lipinski definition) is 1. The summed E-state index contributed by atoms with van der Waals surface area (Å²) in [5.41, 5.74) is 1.32. The van der Waals surface area contributed by atoms with E-state index in [0.717, 1.165) is 16.1 Å². The van der Waals surface area contributed by atoms with E-state index < -0.39 is 11.8 Å². The first-order valence-corrected chi connectivity index (χ1v) is 6.70. The standard InChI is InChI=1S/C15H12BrFO3/c16-14-4-2-1-3-10(14)8-20-9-11-7-12(17)5-6-13(11)15(18)19/h1-7H,8-9H2,(H,18,19). The van der Waals surface area contributed by atoms with Crippen LogP contribution in [0, 0.1) is 5.82 Å². The van der Waals surface area contributed by atoms with Crippen molar-refractivity contribution in [2.45, 2.75) is 13.2 Å². The predicted molar refractivity (Wildman–Crippen MR) is 76.0 cm³/mol. The van der Waals surface area contributed by atoms with Crippen LogP contribution in [0.2, 0.25) is 0 Å². The smallest absolute Gasteiger partial charge is 0.336 e. The molecule has 104 valence electrons. The monoisotopic (exact) mass is 338 g/mol. The lowest BCUT2D eigenvalue weighted by Gasteiger charge is -2.09. The summed E-state index contributed by atoms with van der Waals surface area (Å²) in [5, 5.41) is 9.03. The lowest BCUT2D eigenvalue weighted by atomic mass is 10.1. The molecule has 0 amide bonds. The second kappa shape index (κ2) is 6.63. The van der Waals surface area contributed by atoms with Gasteiger partial charge in [-0.15, -0.1) is 0 Å². The molecule has 0 aliphatic heterocycles. The maximum absolute atomic E-state index is 13.2. The first kappa shape index (κ1) is 14.7. The van der Waals surface area contributed by atoms with Crippen LogP contribution in [0.1, 0.15) is 21.5 Å². The minimum absolute atomic E-state index is 0.0424. The molecule has 0 aromatic heterocycles. The summed E-state index contributed by atoms with van der Waals surface area (Å²) in [6.07, 6.45) is 0. The number of hydrogen-bond acceptors (Lipinski definition) is 2. The molecule has 1 N–H and O–H groups in total. The zero-order valence-electron chi connectivity index (χ0n) is 10.5. The molecule has 0 heterocycles. The van der Waals surface area contributed by atoms with Gasteiger partial charge in [0.1, 0.15) is 5.82 Å². The third-order valence-electron chi connectivity index (χ3n) is 2.77. The van der Waals surface area contributed by atoms with E-state index in [0.29, 0.717) is 12.2 Å². The Balaban J connectivity index is 2.06. The molecular formula is C15H12BrFO3. The van der Waals surface area contributed by atoms with Gasteiger partial charge in [-0.2, -0.15) is 0 Å². The van der Waals surface area contributed by atoms with Gasteiger partial charge in [0, 0.05) is 4.47 Å². The van der Waals surface area contributed by atoms with Gasteiger partial charge in [-0.25, -0.2) is 9.18 Å². The lowest BCUT2D eigenvalue weighted by Crippen LogP contribution is -2.05. The van der Waals surface area contributed by atoms with Gasteiger partial charge >= 0.3 is 5.97 Å². The largest absolute Gasteiger partial charge is 0.478 e. The number of carboxylic acid groups (broad SMARTS) is 1.